The zero-order chi connectivity index (χ0) is 17.1. The molecule has 124 valence electrons. The van der Waals surface area contributed by atoms with Gasteiger partial charge in [-0.2, -0.15) is 0 Å². The van der Waals surface area contributed by atoms with Crippen LogP contribution in [0.2, 0.25) is 5.02 Å². The van der Waals surface area contributed by atoms with Crippen LogP contribution in [0.4, 0.5) is 11.4 Å². The van der Waals surface area contributed by atoms with Crippen molar-refractivity contribution in [3.05, 3.63) is 47.0 Å². The van der Waals surface area contributed by atoms with E-state index in [-0.39, 0.29) is 0 Å². The van der Waals surface area contributed by atoms with Crippen LogP contribution in [-0.4, -0.2) is 25.0 Å². The van der Waals surface area contributed by atoms with Gasteiger partial charge in [0.2, 0.25) is 0 Å². The van der Waals surface area contributed by atoms with Gasteiger partial charge in [-0.05, 0) is 36.8 Å². The van der Waals surface area contributed by atoms with Crippen molar-refractivity contribution in [3.8, 4) is 11.5 Å². The van der Waals surface area contributed by atoms with Gasteiger partial charge < -0.3 is 20.1 Å². The number of hydrogen-bond donors (Lipinski definition) is 2. The average Bonchev–Trinajstić information content (AvgIpc) is 2.58. The number of carbonyl (C=O) groups is 2. The molecule has 0 aliphatic carbocycles. The number of amides is 2. The van der Waals surface area contributed by atoms with Crippen LogP contribution in [0.1, 0.15) is 5.56 Å². The number of hydrogen-bond acceptors (Lipinski definition) is 4. The van der Waals surface area contributed by atoms with Gasteiger partial charge in [-0.15, -0.1) is 0 Å². The van der Waals surface area contributed by atoms with E-state index < -0.39 is 11.8 Å². The highest BCUT2D eigenvalue weighted by Gasteiger charge is 2.17. The molecule has 0 radical (unpaired) electrons. The van der Waals surface area contributed by atoms with Crippen LogP contribution < -0.4 is 20.1 Å². The zero-order valence-electron chi connectivity index (χ0n) is 12.9. The highest BCUT2D eigenvalue weighted by atomic mass is 35.5. The van der Waals surface area contributed by atoms with Crippen LogP contribution in [0.25, 0.3) is 0 Å². The molecule has 1 aliphatic rings. The number of fused-ring (bicyclic) bond motifs is 1. The van der Waals surface area contributed by atoms with Gasteiger partial charge in [-0.3, -0.25) is 9.59 Å². The summed E-state index contributed by atoms with van der Waals surface area (Å²) in [6, 6.07) is 9.96. The minimum absolute atomic E-state index is 0.444. The molecule has 0 bridgehead atoms. The van der Waals surface area contributed by atoms with Crippen molar-refractivity contribution in [2.24, 2.45) is 0 Å². The largest absolute Gasteiger partial charge is 0.486 e. The molecular weight excluding hydrogens is 332 g/mol. The Bertz CT molecular complexity index is 807. The quantitative estimate of drug-likeness (QED) is 0.819. The Morgan fingerprint density at radius 2 is 1.50 bits per heavy atom. The normalized spacial score (nSPS) is 12.4. The van der Waals surface area contributed by atoms with Gasteiger partial charge in [0.05, 0.1) is 0 Å². The topological polar surface area (TPSA) is 76.7 Å². The number of carbonyl (C=O) groups excluding carboxylic acids is 2. The summed E-state index contributed by atoms with van der Waals surface area (Å²) in [5.41, 5.74) is 1.78. The Hall–Kier alpha value is -2.73. The van der Waals surface area contributed by atoms with Crippen molar-refractivity contribution in [3.63, 3.8) is 0 Å². The van der Waals surface area contributed by atoms with Crippen molar-refractivity contribution in [2.45, 2.75) is 6.92 Å². The number of benzene rings is 2. The van der Waals surface area contributed by atoms with Gasteiger partial charge in [0.1, 0.15) is 13.2 Å². The summed E-state index contributed by atoms with van der Waals surface area (Å²) in [4.78, 5) is 24.0. The number of aryl methyl sites for hydroxylation is 1. The Kier molecular flexibility index (Phi) is 4.57. The highest BCUT2D eigenvalue weighted by molar-refractivity contribution is 6.43. The standard InChI is InChI=1S/C17H15ClN2O4/c1-10-2-3-11(8-13(10)18)19-16(21)17(22)20-12-4-5-14-15(9-12)24-7-6-23-14/h2-5,8-9H,6-7H2,1H3,(H,19,21)(H,20,22). The fourth-order valence-electron chi connectivity index (χ4n) is 2.17. The van der Waals surface area contributed by atoms with Crippen LogP contribution in [-0.2, 0) is 9.59 Å². The van der Waals surface area contributed by atoms with Crippen molar-refractivity contribution in [2.75, 3.05) is 23.8 Å². The van der Waals surface area contributed by atoms with Gasteiger partial charge in [0, 0.05) is 22.5 Å². The van der Waals surface area contributed by atoms with E-state index >= 15 is 0 Å². The molecular formula is C17H15ClN2O4. The lowest BCUT2D eigenvalue weighted by Crippen LogP contribution is -2.29. The number of ether oxygens (including phenoxy) is 2. The Morgan fingerprint density at radius 1 is 0.917 bits per heavy atom. The summed E-state index contributed by atoms with van der Waals surface area (Å²) in [5, 5.41) is 5.53. The number of rotatable bonds is 2. The van der Waals surface area contributed by atoms with Gasteiger partial charge in [-0.25, -0.2) is 0 Å². The predicted octanol–water partition coefficient (Wildman–Crippen LogP) is 3.00. The third-order valence-electron chi connectivity index (χ3n) is 3.44. The summed E-state index contributed by atoms with van der Waals surface area (Å²) >= 11 is 6.00. The molecule has 0 saturated carbocycles. The summed E-state index contributed by atoms with van der Waals surface area (Å²) in [7, 11) is 0. The van der Waals surface area contributed by atoms with Crippen LogP contribution in [0.5, 0.6) is 11.5 Å². The molecule has 0 atom stereocenters. The van der Waals surface area contributed by atoms with E-state index in [2.05, 4.69) is 10.6 Å². The van der Waals surface area contributed by atoms with E-state index in [1.54, 1.807) is 36.4 Å². The third-order valence-corrected chi connectivity index (χ3v) is 3.84. The van der Waals surface area contributed by atoms with Crippen molar-refractivity contribution < 1.29 is 19.1 Å². The van der Waals surface area contributed by atoms with Gasteiger partial charge in [0.15, 0.2) is 11.5 Å². The lowest BCUT2D eigenvalue weighted by molar-refractivity contribution is -0.133. The van der Waals surface area contributed by atoms with E-state index in [0.29, 0.717) is 41.1 Å². The lowest BCUT2D eigenvalue weighted by atomic mass is 10.2. The molecule has 0 fully saturated rings. The van der Waals surface area contributed by atoms with Gasteiger partial charge >= 0.3 is 11.8 Å². The van der Waals surface area contributed by atoms with E-state index in [0.717, 1.165) is 5.56 Å². The molecule has 2 amide bonds. The molecule has 0 aromatic heterocycles. The molecule has 24 heavy (non-hydrogen) atoms. The minimum atomic E-state index is -0.789. The molecule has 7 heteroatoms. The maximum absolute atomic E-state index is 12.0. The van der Waals surface area contributed by atoms with Crippen LogP contribution in [0.3, 0.4) is 0 Å². The zero-order valence-corrected chi connectivity index (χ0v) is 13.6. The summed E-state index contributed by atoms with van der Waals surface area (Å²) in [5.74, 6) is -0.434. The monoisotopic (exact) mass is 346 g/mol. The molecule has 1 aliphatic heterocycles. The second kappa shape index (κ2) is 6.80. The first-order valence-corrected chi connectivity index (χ1v) is 7.69. The molecule has 2 aromatic rings. The number of nitrogens with one attached hydrogen (secondary N) is 2. The first-order valence-electron chi connectivity index (χ1n) is 7.31. The predicted molar refractivity (Wildman–Crippen MR) is 90.9 cm³/mol. The van der Waals surface area contributed by atoms with Gasteiger partial charge in [0.25, 0.3) is 0 Å². The molecule has 0 unspecified atom stereocenters. The lowest BCUT2D eigenvalue weighted by Gasteiger charge is -2.18. The highest BCUT2D eigenvalue weighted by Crippen LogP contribution is 2.32. The Balaban J connectivity index is 1.65. The molecule has 0 spiro atoms. The second-order valence-corrected chi connectivity index (χ2v) is 5.64. The Labute approximate surface area is 143 Å². The van der Waals surface area contributed by atoms with Crippen molar-refractivity contribution in [1.82, 2.24) is 0 Å². The molecule has 0 saturated heterocycles. The average molecular weight is 347 g/mol. The first kappa shape index (κ1) is 16.1. The minimum Gasteiger partial charge on any atom is -0.486 e. The van der Waals surface area contributed by atoms with E-state index in [1.165, 1.54) is 0 Å². The Morgan fingerprint density at radius 3 is 2.17 bits per heavy atom. The smallest absolute Gasteiger partial charge is 0.314 e. The fourth-order valence-corrected chi connectivity index (χ4v) is 2.35. The second-order valence-electron chi connectivity index (χ2n) is 5.23. The van der Waals surface area contributed by atoms with Crippen LogP contribution in [0, 0.1) is 6.92 Å². The fraction of sp³-hybridized carbons (Fsp3) is 0.176. The number of halogens is 1. The molecule has 2 N–H and O–H groups in total. The first-order chi connectivity index (χ1) is 11.5. The molecule has 6 nitrogen and oxygen atoms in total. The molecule has 3 rings (SSSR count). The summed E-state index contributed by atoms with van der Waals surface area (Å²) < 4.78 is 10.8. The molecule has 1 heterocycles. The van der Waals surface area contributed by atoms with E-state index in [4.69, 9.17) is 21.1 Å². The number of anilines is 2. The van der Waals surface area contributed by atoms with E-state index in [9.17, 15) is 9.59 Å². The van der Waals surface area contributed by atoms with Gasteiger partial charge in [-0.1, -0.05) is 17.7 Å². The van der Waals surface area contributed by atoms with Crippen molar-refractivity contribution in [1.29, 1.82) is 0 Å². The van der Waals surface area contributed by atoms with Crippen LogP contribution in [0.15, 0.2) is 36.4 Å². The summed E-state index contributed by atoms with van der Waals surface area (Å²) in [6.07, 6.45) is 0. The van der Waals surface area contributed by atoms with E-state index in [1.807, 2.05) is 6.92 Å². The van der Waals surface area contributed by atoms with Crippen molar-refractivity contribution >= 4 is 34.8 Å². The SMILES string of the molecule is Cc1ccc(NC(=O)C(=O)Nc2ccc3c(c2)OCCO3)cc1Cl. The maximum atomic E-state index is 12.0. The third kappa shape index (κ3) is 3.60. The summed E-state index contributed by atoms with van der Waals surface area (Å²) in [6.45, 7) is 2.78. The van der Waals surface area contributed by atoms with Crippen LogP contribution >= 0.6 is 11.6 Å². The molecule has 2 aromatic carbocycles. The maximum Gasteiger partial charge on any atom is 0.314 e.